The number of thiocarbonyl (C=S) groups is 1. The van der Waals surface area contributed by atoms with E-state index in [4.69, 9.17) is 12.2 Å². The van der Waals surface area contributed by atoms with Gasteiger partial charge in [-0.15, -0.1) is 0 Å². The number of benzene rings is 1. The minimum atomic E-state index is -1.04. The van der Waals surface area contributed by atoms with E-state index in [0.29, 0.717) is 15.6 Å². The Morgan fingerprint density at radius 2 is 2.09 bits per heavy atom. The number of nitrogens with zero attached hydrogens (tertiary/aromatic N) is 1. The van der Waals surface area contributed by atoms with Crippen molar-refractivity contribution in [3.63, 3.8) is 0 Å². The highest BCUT2D eigenvalue weighted by Gasteiger charge is 2.39. The summed E-state index contributed by atoms with van der Waals surface area (Å²) in [6.07, 6.45) is 5.63. The Morgan fingerprint density at radius 1 is 1.41 bits per heavy atom. The number of hydrogen-bond donors (Lipinski definition) is 1. The molecule has 114 valence electrons. The number of carboxylic acids is 1. The van der Waals surface area contributed by atoms with Crippen LogP contribution in [0.2, 0.25) is 0 Å². The fourth-order valence-corrected chi connectivity index (χ4v) is 3.35. The largest absolute Gasteiger partial charge is 0.480 e. The highest BCUT2D eigenvalue weighted by Crippen LogP contribution is 2.33. The lowest BCUT2D eigenvalue weighted by Crippen LogP contribution is -2.43. The maximum absolute atomic E-state index is 12.3. The second-order valence-corrected chi connectivity index (χ2v) is 6.28. The minimum Gasteiger partial charge on any atom is -0.480 e. The second kappa shape index (κ2) is 7.38. The Hall–Kier alpha value is -1.92. The van der Waals surface area contributed by atoms with Crippen LogP contribution in [0.15, 0.2) is 47.4 Å². The van der Waals surface area contributed by atoms with Crippen molar-refractivity contribution >= 4 is 46.3 Å². The number of thioether (sulfide) groups is 1. The third kappa shape index (κ3) is 3.64. The van der Waals surface area contributed by atoms with Crippen LogP contribution in [0.25, 0.3) is 6.08 Å². The quantitative estimate of drug-likeness (QED) is 0.662. The molecule has 1 N–H and O–H groups in total. The van der Waals surface area contributed by atoms with Gasteiger partial charge in [0, 0.05) is 0 Å². The molecule has 1 heterocycles. The number of carbonyl (C=O) groups excluding carboxylic acids is 1. The lowest BCUT2D eigenvalue weighted by molar-refractivity contribution is -0.145. The number of amides is 1. The average molecular weight is 333 g/mol. The molecule has 1 atom stereocenters. The summed E-state index contributed by atoms with van der Waals surface area (Å²) in [5, 5.41) is 9.18. The van der Waals surface area contributed by atoms with Crippen molar-refractivity contribution in [2.24, 2.45) is 0 Å². The molecule has 4 nitrogen and oxygen atoms in total. The van der Waals surface area contributed by atoms with E-state index in [1.165, 1.54) is 4.90 Å². The standard InChI is InChI=1S/C16H15NO3S2/c1-2-12(15(19)20)17-14(18)13(22-16(17)21)10-6-9-11-7-4-3-5-8-11/h3-10,12H,2H2,1H3,(H,19,20)/b9-6+,13-10-/t12-/m1/s1. The molecule has 1 fully saturated rings. The normalized spacial score (nSPS) is 18.4. The molecular formula is C16H15NO3S2. The second-order valence-electron chi connectivity index (χ2n) is 4.61. The van der Waals surface area contributed by atoms with Gasteiger partial charge in [0.1, 0.15) is 10.4 Å². The van der Waals surface area contributed by atoms with Crippen molar-refractivity contribution in [3.8, 4) is 0 Å². The Bertz CT molecular complexity index is 653. The molecule has 0 saturated carbocycles. The van der Waals surface area contributed by atoms with Crippen LogP contribution in [-0.2, 0) is 9.59 Å². The topological polar surface area (TPSA) is 57.6 Å². The zero-order valence-electron chi connectivity index (χ0n) is 11.9. The SMILES string of the molecule is CC[C@H](C(=O)O)N1C(=O)/C(=C/C=C/c2ccccc2)SC1=S. The minimum absolute atomic E-state index is 0.290. The van der Waals surface area contributed by atoms with Crippen LogP contribution in [-0.4, -0.2) is 32.2 Å². The van der Waals surface area contributed by atoms with Gasteiger partial charge < -0.3 is 5.11 Å². The van der Waals surface area contributed by atoms with Gasteiger partial charge in [0.2, 0.25) is 0 Å². The van der Waals surface area contributed by atoms with Crippen LogP contribution >= 0.6 is 24.0 Å². The van der Waals surface area contributed by atoms with E-state index >= 15 is 0 Å². The summed E-state index contributed by atoms with van der Waals surface area (Å²) in [6.45, 7) is 1.72. The average Bonchev–Trinajstić information content (AvgIpc) is 2.77. The molecule has 1 saturated heterocycles. The Balaban J connectivity index is 2.16. The molecule has 1 aromatic rings. The van der Waals surface area contributed by atoms with Gasteiger partial charge in [0.05, 0.1) is 4.91 Å². The van der Waals surface area contributed by atoms with Gasteiger partial charge in [-0.1, -0.05) is 73.4 Å². The number of hydrogen-bond acceptors (Lipinski definition) is 4. The van der Waals surface area contributed by atoms with Crippen LogP contribution in [0.5, 0.6) is 0 Å². The molecule has 2 rings (SSSR count). The van der Waals surface area contributed by atoms with E-state index in [2.05, 4.69) is 0 Å². The van der Waals surface area contributed by atoms with Crippen LogP contribution in [0.1, 0.15) is 18.9 Å². The van der Waals surface area contributed by atoms with Gasteiger partial charge in [0.15, 0.2) is 0 Å². The predicted molar refractivity (Wildman–Crippen MR) is 92.3 cm³/mol. The van der Waals surface area contributed by atoms with Gasteiger partial charge in [-0.2, -0.15) is 0 Å². The molecule has 1 aromatic carbocycles. The van der Waals surface area contributed by atoms with E-state index in [1.54, 1.807) is 19.1 Å². The van der Waals surface area contributed by atoms with Crippen LogP contribution in [0, 0.1) is 0 Å². The molecule has 1 aliphatic rings. The number of carboxylic acid groups (broad SMARTS) is 1. The third-order valence-corrected chi connectivity index (χ3v) is 4.49. The van der Waals surface area contributed by atoms with Gasteiger partial charge in [-0.25, -0.2) is 4.79 Å². The van der Waals surface area contributed by atoms with Crippen molar-refractivity contribution in [2.45, 2.75) is 19.4 Å². The summed E-state index contributed by atoms with van der Waals surface area (Å²) in [7, 11) is 0. The molecule has 0 bridgehead atoms. The summed E-state index contributed by atoms with van der Waals surface area (Å²) in [6, 6.07) is 8.78. The van der Waals surface area contributed by atoms with Crippen molar-refractivity contribution in [2.75, 3.05) is 0 Å². The first-order chi connectivity index (χ1) is 10.5. The molecule has 0 aliphatic carbocycles. The van der Waals surface area contributed by atoms with Gasteiger partial charge >= 0.3 is 5.97 Å². The smallest absolute Gasteiger partial charge is 0.326 e. The zero-order chi connectivity index (χ0) is 16.1. The zero-order valence-corrected chi connectivity index (χ0v) is 13.6. The van der Waals surface area contributed by atoms with Crippen molar-refractivity contribution in [1.82, 2.24) is 4.90 Å². The summed E-state index contributed by atoms with van der Waals surface area (Å²) in [5.41, 5.74) is 1.02. The highest BCUT2D eigenvalue weighted by molar-refractivity contribution is 8.26. The summed E-state index contributed by atoms with van der Waals surface area (Å²) < 4.78 is 0.290. The van der Waals surface area contributed by atoms with Crippen molar-refractivity contribution in [3.05, 3.63) is 53.0 Å². The Morgan fingerprint density at radius 3 is 2.68 bits per heavy atom. The van der Waals surface area contributed by atoms with Crippen molar-refractivity contribution < 1.29 is 14.7 Å². The van der Waals surface area contributed by atoms with Crippen LogP contribution < -0.4 is 0 Å². The lowest BCUT2D eigenvalue weighted by atomic mass is 10.2. The molecule has 0 spiro atoms. The molecule has 1 aliphatic heterocycles. The Labute approximate surface area is 138 Å². The first-order valence-corrected chi connectivity index (χ1v) is 7.98. The van der Waals surface area contributed by atoms with E-state index in [9.17, 15) is 14.7 Å². The molecule has 22 heavy (non-hydrogen) atoms. The predicted octanol–water partition coefficient (Wildman–Crippen LogP) is 3.31. The van der Waals surface area contributed by atoms with Gasteiger partial charge in [-0.05, 0) is 18.1 Å². The van der Waals surface area contributed by atoms with Crippen LogP contribution in [0.4, 0.5) is 0 Å². The summed E-state index contributed by atoms with van der Waals surface area (Å²) in [4.78, 5) is 25.2. The number of carbonyl (C=O) groups is 2. The van der Waals surface area contributed by atoms with E-state index in [0.717, 1.165) is 17.3 Å². The van der Waals surface area contributed by atoms with E-state index in [-0.39, 0.29) is 5.91 Å². The first kappa shape index (κ1) is 16.5. The lowest BCUT2D eigenvalue weighted by Gasteiger charge is -2.21. The molecule has 0 radical (unpaired) electrons. The first-order valence-electron chi connectivity index (χ1n) is 6.76. The number of aliphatic carboxylic acids is 1. The van der Waals surface area contributed by atoms with E-state index in [1.807, 2.05) is 36.4 Å². The molecule has 1 amide bonds. The fourth-order valence-electron chi connectivity index (χ4n) is 2.04. The van der Waals surface area contributed by atoms with Gasteiger partial charge in [-0.3, -0.25) is 9.69 Å². The monoisotopic (exact) mass is 333 g/mol. The maximum atomic E-state index is 12.3. The molecule has 6 heteroatoms. The maximum Gasteiger partial charge on any atom is 0.326 e. The fraction of sp³-hybridized carbons (Fsp3) is 0.188. The number of rotatable bonds is 5. The summed E-state index contributed by atoms with van der Waals surface area (Å²) >= 11 is 6.27. The summed E-state index contributed by atoms with van der Waals surface area (Å²) in [5.74, 6) is -1.39. The molecule has 0 unspecified atom stereocenters. The highest BCUT2D eigenvalue weighted by atomic mass is 32.2. The third-order valence-electron chi connectivity index (χ3n) is 3.14. The number of allylic oxidation sites excluding steroid dienone is 2. The molecular weight excluding hydrogens is 318 g/mol. The molecule has 0 aromatic heterocycles. The van der Waals surface area contributed by atoms with Gasteiger partial charge in [0.25, 0.3) is 5.91 Å². The van der Waals surface area contributed by atoms with Crippen LogP contribution in [0.3, 0.4) is 0 Å². The van der Waals surface area contributed by atoms with Crippen molar-refractivity contribution in [1.29, 1.82) is 0 Å². The Kier molecular flexibility index (Phi) is 5.51. The van der Waals surface area contributed by atoms with E-state index < -0.39 is 12.0 Å².